The van der Waals surface area contributed by atoms with Crippen LogP contribution >= 0.6 is 0 Å². The molecule has 0 radical (unpaired) electrons. The maximum Gasteiger partial charge on any atom is 0.255 e. The van der Waals surface area contributed by atoms with Crippen LogP contribution in [0.4, 0.5) is 19.0 Å². The van der Waals surface area contributed by atoms with Crippen molar-refractivity contribution in [1.82, 2.24) is 30.0 Å². The predicted octanol–water partition coefficient (Wildman–Crippen LogP) is 5.95. The van der Waals surface area contributed by atoms with Crippen molar-refractivity contribution >= 4 is 40.7 Å². The summed E-state index contributed by atoms with van der Waals surface area (Å²) in [5.41, 5.74) is 2.92. The van der Waals surface area contributed by atoms with E-state index in [2.05, 4.69) is 26.8 Å². The fraction of sp³-hybridized carbons (Fsp3) is 0.422. The van der Waals surface area contributed by atoms with Gasteiger partial charge in [-0.25, -0.2) is 23.1 Å². The number of carbonyl (C=O) groups is 4. The van der Waals surface area contributed by atoms with Crippen LogP contribution in [0.25, 0.3) is 22.0 Å². The fourth-order valence-electron chi connectivity index (χ4n) is 8.78. The largest absolute Gasteiger partial charge is 0.493 e. The van der Waals surface area contributed by atoms with Gasteiger partial charge in [0.2, 0.25) is 11.8 Å². The van der Waals surface area contributed by atoms with Crippen LogP contribution in [0, 0.1) is 24.4 Å². The van der Waals surface area contributed by atoms with Crippen molar-refractivity contribution in [3.63, 3.8) is 0 Å². The van der Waals surface area contributed by atoms with E-state index in [1.54, 1.807) is 30.9 Å². The topological polar surface area (TPSA) is 128 Å². The summed E-state index contributed by atoms with van der Waals surface area (Å²) in [6, 6.07) is 8.17. The molecule has 1 N–H and O–H groups in total. The summed E-state index contributed by atoms with van der Waals surface area (Å²) in [5.74, 6) is -1.73. The van der Waals surface area contributed by atoms with Crippen LogP contribution in [0.2, 0.25) is 0 Å². The van der Waals surface area contributed by atoms with Crippen molar-refractivity contribution in [2.24, 2.45) is 0 Å². The van der Waals surface area contributed by atoms with Crippen molar-refractivity contribution in [1.29, 1.82) is 0 Å². The standard InChI is InChI=1S/C45H50F3N7O5/c1-27(2)44(58)54-18-16-53(17-19-54)43-34-21-28(3)39(41(48)42(34)50-26-51-43)40-36(47)7-5-8-37(40)60-20-6-13-52-14-11-29(12-15-52)32-22-30(46)23-33-35(32)24-55(45(33)59)31(25-56)9-10-38(57)49-4/h5,7-8,21-23,25-26,29,31H,1,6,9-20,24H2,2-4H3,(H,49,57). The summed E-state index contributed by atoms with van der Waals surface area (Å²) >= 11 is 0. The van der Waals surface area contributed by atoms with Gasteiger partial charge in [0.1, 0.15) is 41.3 Å². The Labute approximate surface area is 347 Å². The number of hydrogen-bond acceptors (Lipinski definition) is 9. The molecule has 0 saturated carbocycles. The molecule has 3 aliphatic heterocycles. The Hall–Kier alpha value is -5.83. The number of benzene rings is 3. The van der Waals surface area contributed by atoms with E-state index in [0.717, 1.165) is 37.1 Å². The molecule has 1 unspecified atom stereocenters. The number of aryl methyl sites for hydroxylation is 1. The second-order valence-corrected chi connectivity index (χ2v) is 15.8. The lowest BCUT2D eigenvalue weighted by Crippen LogP contribution is -2.49. The van der Waals surface area contributed by atoms with Gasteiger partial charge >= 0.3 is 0 Å². The number of nitrogens with zero attached hydrogens (tertiary/aromatic N) is 6. The molecule has 15 heteroatoms. The van der Waals surface area contributed by atoms with E-state index in [4.69, 9.17) is 4.74 Å². The Kier molecular flexibility index (Phi) is 12.8. The van der Waals surface area contributed by atoms with E-state index in [9.17, 15) is 23.6 Å². The lowest BCUT2D eigenvalue weighted by atomic mass is 9.85. The second kappa shape index (κ2) is 18.2. The molecule has 0 bridgehead atoms. The molecule has 7 rings (SSSR count). The molecule has 12 nitrogen and oxygen atoms in total. The molecular formula is C45H50F3N7O5. The molecule has 4 aromatic rings. The normalized spacial score (nSPS) is 16.6. The van der Waals surface area contributed by atoms with Gasteiger partial charge in [0.05, 0.1) is 18.2 Å². The zero-order chi connectivity index (χ0) is 42.7. The lowest BCUT2D eigenvalue weighted by molar-refractivity contribution is -0.127. The zero-order valence-electron chi connectivity index (χ0n) is 34.2. The van der Waals surface area contributed by atoms with Gasteiger partial charge < -0.3 is 34.4 Å². The lowest BCUT2D eigenvalue weighted by Gasteiger charge is -2.36. The van der Waals surface area contributed by atoms with Crippen LogP contribution < -0.4 is 15.0 Å². The number of ether oxygens (including phenoxy) is 1. The van der Waals surface area contributed by atoms with E-state index in [1.165, 1.54) is 42.5 Å². The summed E-state index contributed by atoms with van der Waals surface area (Å²) in [4.78, 5) is 65.8. The van der Waals surface area contributed by atoms with E-state index < -0.39 is 29.4 Å². The number of hydrogen-bond donors (Lipinski definition) is 1. The highest BCUT2D eigenvalue weighted by Gasteiger charge is 2.37. The molecule has 1 aromatic heterocycles. The SMILES string of the molecule is C=C(C)C(=O)N1CCN(c2ncnc3c(F)c(-c4c(F)cccc4OCCCN4CCC(c5cc(F)cc6c5CN(C(C=O)CCC(=O)NC)C6=O)CC4)c(C)cc23)CC1. The van der Waals surface area contributed by atoms with Crippen LogP contribution in [0.1, 0.15) is 72.0 Å². The number of aromatic nitrogens is 2. The summed E-state index contributed by atoms with van der Waals surface area (Å²) in [6.07, 6.45) is 4.35. The van der Waals surface area contributed by atoms with Crippen molar-refractivity contribution < 1.29 is 37.1 Å². The molecule has 3 amide bonds. The average Bonchev–Trinajstić information content (AvgIpc) is 3.57. The quantitative estimate of drug-likeness (QED) is 0.0934. The van der Waals surface area contributed by atoms with Crippen LogP contribution in [0.5, 0.6) is 5.75 Å². The number of rotatable bonds is 14. The molecule has 3 aromatic carbocycles. The number of piperazine rings is 1. The Balaban J connectivity index is 0.979. The smallest absolute Gasteiger partial charge is 0.255 e. The summed E-state index contributed by atoms with van der Waals surface area (Å²) in [5, 5.41) is 3.02. The summed E-state index contributed by atoms with van der Waals surface area (Å²) in [6.45, 7) is 11.7. The monoisotopic (exact) mass is 825 g/mol. The van der Waals surface area contributed by atoms with Gasteiger partial charge in [-0.2, -0.15) is 0 Å². The third kappa shape index (κ3) is 8.58. The number of fused-ring (bicyclic) bond motifs is 2. The Morgan fingerprint density at radius 3 is 2.48 bits per heavy atom. The summed E-state index contributed by atoms with van der Waals surface area (Å²) < 4.78 is 53.3. The molecule has 4 heterocycles. The highest BCUT2D eigenvalue weighted by atomic mass is 19.1. The minimum absolute atomic E-state index is 0.0212. The molecule has 2 saturated heterocycles. The number of carbonyl (C=O) groups excluding carboxylic acids is 4. The van der Waals surface area contributed by atoms with Gasteiger partial charge in [-0.3, -0.25) is 14.4 Å². The first-order valence-electron chi connectivity index (χ1n) is 20.5. The number of halogens is 3. The second-order valence-electron chi connectivity index (χ2n) is 15.8. The Morgan fingerprint density at radius 2 is 1.78 bits per heavy atom. The number of piperidine rings is 1. The average molecular weight is 826 g/mol. The van der Waals surface area contributed by atoms with Crippen LogP contribution in [-0.2, 0) is 20.9 Å². The highest BCUT2D eigenvalue weighted by Crippen LogP contribution is 2.41. The van der Waals surface area contributed by atoms with Gasteiger partial charge in [0.15, 0.2) is 5.82 Å². The Morgan fingerprint density at radius 1 is 1.03 bits per heavy atom. The Bertz CT molecular complexity index is 2320. The third-order valence-electron chi connectivity index (χ3n) is 12.0. The first-order chi connectivity index (χ1) is 28.9. The van der Waals surface area contributed by atoms with Crippen LogP contribution in [0.15, 0.2) is 54.9 Å². The molecule has 0 aliphatic carbocycles. The molecule has 60 heavy (non-hydrogen) atoms. The van der Waals surface area contributed by atoms with Gasteiger partial charge in [0.25, 0.3) is 5.91 Å². The number of nitrogens with one attached hydrogen (secondary N) is 1. The van der Waals surface area contributed by atoms with Crippen molar-refractivity contribution in [3.8, 4) is 16.9 Å². The number of anilines is 1. The zero-order valence-corrected chi connectivity index (χ0v) is 34.2. The minimum atomic E-state index is -0.788. The molecule has 2 fully saturated rings. The van der Waals surface area contributed by atoms with E-state index in [0.29, 0.717) is 67.8 Å². The minimum Gasteiger partial charge on any atom is -0.493 e. The van der Waals surface area contributed by atoms with Gasteiger partial charge in [-0.15, -0.1) is 0 Å². The number of aldehydes is 1. The maximum atomic E-state index is 16.6. The summed E-state index contributed by atoms with van der Waals surface area (Å²) in [7, 11) is 1.51. The molecular weight excluding hydrogens is 776 g/mol. The number of likely N-dealkylation sites (tertiary alicyclic amines) is 1. The maximum absolute atomic E-state index is 16.6. The van der Waals surface area contributed by atoms with Crippen molar-refractivity contribution in [3.05, 3.63) is 94.6 Å². The first kappa shape index (κ1) is 42.3. The van der Waals surface area contributed by atoms with E-state index in [1.807, 2.05) is 4.90 Å². The van der Waals surface area contributed by atoms with Crippen LogP contribution in [-0.4, -0.2) is 114 Å². The van der Waals surface area contributed by atoms with Crippen molar-refractivity contribution in [2.75, 3.05) is 64.4 Å². The molecule has 3 aliphatic rings. The van der Waals surface area contributed by atoms with Gasteiger partial charge in [0, 0.05) is 74.8 Å². The fourth-order valence-corrected chi connectivity index (χ4v) is 8.78. The van der Waals surface area contributed by atoms with E-state index in [-0.39, 0.29) is 71.7 Å². The third-order valence-corrected chi connectivity index (χ3v) is 12.0. The molecule has 1 atom stereocenters. The van der Waals surface area contributed by atoms with Gasteiger partial charge in [-0.1, -0.05) is 12.6 Å². The number of amides is 3. The van der Waals surface area contributed by atoms with E-state index >= 15 is 8.78 Å². The van der Waals surface area contributed by atoms with Gasteiger partial charge in [-0.05, 0) is 106 Å². The van der Waals surface area contributed by atoms with Crippen molar-refractivity contribution in [2.45, 2.75) is 64.5 Å². The predicted molar refractivity (Wildman–Crippen MR) is 221 cm³/mol. The highest BCUT2D eigenvalue weighted by molar-refractivity contribution is 6.00. The molecule has 316 valence electrons. The first-order valence-corrected chi connectivity index (χ1v) is 20.5. The van der Waals surface area contributed by atoms with Crippen LogP contribution in [0.3, 0.4) is 0 Å². The molecule has 0 spiro atoms.